The summed E-state index contributed by atoms with van der Waals surface area (Å²) in [7, 11) is 3.01. The molecule has 0 aliphatic heterocycles. The molecule has 0 spiro atoms. The van der Waals surface area contributed by atoms with E-state index in [1.807, 2.05) is 0 Å². The lowest BCUT2D eigenvalue weighted by Gasteiger charge is -2.10. The molecule has 4 rings (SSSR count). The van der Waals surface area contributed by atoms with E-state index in [1.54, 1.807) is 42.7 Å². The van der Waals surface area contributed by atoms with Crippen LogP contribution in [0.4, 0.5) is 0 Å². The number of methoxy groups -OCH3 is 2. The van der Waals surface area contributed by atoms with Gasteiger partial charge < -0.3 is 20.2 Å². The molecule has 0 aliphatic rings. The van der Waals surface area contributed by atoms with Crippen LogP contribution in [0.2, 0.25) is 0 Å². The van der Waals surface area contributed by atoms with Crippen molar-refractivity contribution in [2.24, 2.45) is 5.73 Å². The molecule has 146 valence electrons. The molecule has 10 nitrogen and oxygen atoms in total. The first-order valence-electron chi connectivity index (χ1n) is 8.49. The summed E-state index contributed by atoms with van der Waals surface area (Å²) in [6, 6.07) is 8.42. The van der Waals surface area contributed by atoms with E-state index in [0.29, 0.717) is 22.7 Å². The molecule has 0 saturated carbocycles. The molecule has 0 bridgehead atoms. The molecular weight excluding hydrogens is 376 g/mol. The minimum absolute atomic E-state index is 0.0924. The predicted molar refractivity (Wildman–Crippen MR) is 104 cm³/mol. The number of nitrogens with one attached hydrogen (secondary N) is 1. The smallest absolute Gasteiger partial charge is 0.332 e. The number of rotatable bonds is 5. The molecule has 1 aromatic carbocycles. The first-order chi connectivity index (χ1) is 14.0. The second-order valence-electron chi connectivity index (χ2n) is 6.01. The van der Waals surface area contributed by atoms with Crippen LogP contribution >= 0.6 is 0 Å². The lowest BCUT2D eigenvalue weighted by atomic mass is 10.2. The summed E-state index contributed by atoms with van der Waals surface area (Å²) in [4.78, 5) is 40.1. The highest BCUT2D eigenvalue weighted by Crippen LogP contribution is 2.30. The number of imidazole rings is 1. The highest BCUT2D eigenvalue weighted by atomic mass is 16.5. The topological polar surface area (TPSA) is 138 Å². The van der Waals surface area contributed by atoms with Gasteiger partial charge in [0, 0.05) is 24.0 Å². The summed E-state index contributed by atoms with van der Waals surface area (Å²) >= 11 is 0. The third kappa shape index (κ3) is 3.06. The van der Waals surface area contributed by atoms with Crippen molar-refractivity contribution in [3.63, 3.8) is 0 Å². The average molecular weight is 392 g/mol. The summed E-state index contributed by atoms with van der Waals surface area (Å²) < 4.78 is 11.9. The van der Waals surface area contributed by atoms with E-state index in [-0.39, 0.29) is 22.7 Å². The Kier molecular flexibility index (Phi) is 4.43. The number of nitrogens with two attached hydrogens (primary N) is 1. The molecule has 4 aromatic rings. The van der Waals surface area contributed by atoms with Gasteiger partial charge in [-0.25, -0.2) is 19.3 Å². The normalized spacial score (nSPS) is 10.8. The summed E-state index contributed by atoms with van der Waals surface area (Å²) in [5.74, 6) is 0.367. The molecular formula is C19H16N6O4. The number of carbonyl (C=O) groups excluding carboxylic acids is 1. The first kappa shape index (κ1) is 18.2. The van der Waals surface area contributed by atoms with Crippen LogP contribution in [0.25, 0.3) is 28.2 Å². The van der Waals surface area contributed by atoms with E-state index in [2.05, 4.69) is 19.9 Å². The number of hydrogen-bond acceptors (Lipinski definition) is 7. The Bertz CT molecular complexity index is 1280. The Balaban J connectivity index is 2.03. The summed E-state index contributed by atoms with van der Waals surface area (Å²) in [5, 5.41) is 0. The van der Waals surface area contributed by atoms with Crippen molar-refractivity contribution in [2.75, 3.05) is 14.2 Å². The van der Waals surface area contributed by atoms with E-state index < -0.39 is 11.6 Å². The zero-order chi connectivity index (χ0) is 20.5. The highest BCUT2D eigenvalue weighted by Gasteiger charge is 2.21. The van der Waals surface area contributed by atoms with Crippen molar-refractivity contribution < 1.29 is 14.3 Å². The van der Waals surface area contributed by atoms with Crippen molar-refractivity contribution in [2.45, 2.75) is 0 Å². The Morgan fingerprint density at radius 3 is 2.59 bits per heavy atom. The fourth-order valence-corrected chi connectivity index (χ4v) is 2.99. The third-order valence-electron chi connectivity index (χ3n) is 4.32. The maximum atomic E-state index is 12.7. The number of fused-ring (bicyclic) bond motifs is 1. The van der Waals surface area contributed by atoms with Crippen molar-refractivity contribution >= 4 is 17.1 Å². The average Bonchev–Trinajstić information content (AvgIpc) is 3.08. The van der Waals surface area contributed by atoms with Crippen LogP contribution in [-0.2, 0) is 0 Å². The standard InChI is InChI=1S/C19H16N6O4/c1-28-12-6-5-11(8-13(12)29-2)25-18-15(23-19(25)27)14(16(20)26)22-17(24-18)10-4-3-7-21-9-10/h3-9H,1-2H3,(H2,20,26)(H,23,27). The lowest BCUT2D eigenvalue weighted by molar-refractivity contribution is 0.0997. The number of aromatic amines is 1. The minimum atomic E-state index is -0.789. The van der Waals surface area contributed by atoms with Crippen molar-refractivity contribution in [3.8, 4) is 28.6 Å². The van der Waals surface area contributed by atoms with Gasteiger partial charge in [-0.05, 0) is 24.3 Å². The van der Waals surface area contributed by atoms with Gasteiger partial charge >= 0.3 is 5.69 Å². The number of amides is 1. The lowest BCUT2D eigenvalue weighted by Crippen LogP contribution is -2.15. The first-order valence-corrected chi connectivity index (χ1v) is 8.49. The second-order valence-corrected chi connectivity index (χ2v) is 6.01. The predicted octanol–water partition coefficient (Wildman–Crippen LogP) is 1.29. The molecule has 0 atom stereocenters. The fourth-order valence-electron chi connectivity index (χ4n) is 2.99. The number of benzene rings is 1. The SMILES string of the molecule is COc1ccc(-n2c(=O)[nH]c3c(C(N)=O)nc(-c4cccnc4)nc32)cc1OC. The number of pyridine rings is 1. The number of H-pyrrole nitrogens is 1. The quantitative estimate of drug-likeness (QED) is 0.522. The van der Waals surface area contributed by atoms with Gasteiger partial charge in [0.05, 0.1) is 19.9 Å². The molecule has 0 saturated heterocycles. The number of aromatic nitrogens is 5. The molecule has 0 fully saturated rings. The van der Waals surface area contributed by atoms with Crippen molar-refractivity contribution in [1.29, 1.82) is 0 Å². The Morgan fingerprint density at radius 2 is 1.93 bits per heavy atom. The number of carbonyl (C=O) groups is 1. The molecule has 1 amide bonds. The van der Waals surface area contributed by atoms with Crippen LogP contribution in [0.1, 0.15) is 10.5 Å². The van der Waals surface area contributed by atoms with E-state index >= 15 is 0 Å². The van der Waals surface area contributed by atoms with Gasteiger partial charge in [0.25, 0.3) is 5.91 Å². The maximum absolute atomic E-state index is 12.7. The summed E-state index contributed by atoms with van der Waals surface area (Å²) in [6.45, 7) is 0. The number of primary amides is 1. The highest BCUT2D eigenvalue weighted by molar-refractivity contribution is 6.02. The largest absolute Gasteiger partial charge is 0.493 e. The molecule has 3 heterocycles. The van der Waals surface area contributed by atoms with E-state index in [0.717, 1.165) is 0 Å². The van der Waals surface area contributed by atoms with Crippen molar-refractivity contribution in [1.82, 2.24) is 24.5 Å². The molecule has 3 aromatic heterocycles. The second kappa shape index (κ2) is 7.08. The van der Waals surface area contributed by atoms with E-state index in [1.165, 1.54) is 18.8 Å². The Hall–Kier alpha value is -4.21. The Morgan fingerprint density at radius 1 is 1.14 bits per heavy atom. The Labute approximate surface area is 164 Å². The van der Waals surface area contributed by atoms with Crippen LogP contribution in [0, 0.1) is 0 Å². The number of ether oxygens (including phenoxy) is 2. The van der Waals surface area contributed by atoms with Crippen LogP contribution in [0.5, 0.6) is 11.5 Å². The van der Waals surface area contributed by atoms with Gasteiger partial charge in [0.15, 0.2) is 28.7 Å². The van der Waals surface area contributed by atoms with Gasteiger partial charge in [-0.3, -0.25) is 9.78 Å². The molecule has 3 N–H and O–H groups in total. The van der Waals surface area contributed by atoms with Crippen LogP contribution in [0.15, 0.2) is 47.5 Å². The molecule has 29 heavy (non-hydrogen) atoms. The number of hydrogen-bond donors (Lipinski definition) is 2. The zero-order valence-corrected chi connectivity index (χ0v) is 15.5. The van der Waals surface area contributed by atoms with Gasteiger partial charge in [-0.1, -0.05) is 0 Å². The van der Waals surface area contributed by atoms with Crippen LogP contribution in [-0.4, -0.2) is 44.6 Å². The van der Waals surface area contributed by atoms with Gasteiger partial charge in [0.1, 0.15) is 5.52 Å². The van der Waals surface area contributed by atoms with Crippen LogP contribution in [0.3, 0.4) is 0 Å². The zero-order valence-electron chi connectivity index (χ0n) is 15.5. The third-order valence-corrected chi connectivity index (χ3v) is 4.32. The molecule has 10 heteroatoms. The van der Waals surface area contributed by atoms with Crippen molar-refractivity contribution in [3.05, 3.63) is 58.9 Å². The molecule has 0 unspecified atom stereocenters. The maximum Gasteiger partial charge on any atom is 0.332 e. The molecule has 0 aliphatic carbocycles. The van der Waals surface area contributed by atoms with Crippen LogP contribution < -0.4 is 20.9 Å². The van der Waals surface area contributed by atoms with Gasteiger partial charge in [-0.2, -0.15) is 0 Å². The monoisotopic (exact) mass is 392 g/mol. The summed E-state index contributed by atoms with van der Waals surface area (Å²) in [6.07, 6.45) is 3.16. The minimum Gasteiger partial charge on any atom is -0.493 e. The van der Waals surface area contributed by atoms with Gasteiger partial charge in [-0.15, -0.1) is 0 Å². The molecule has 0 radical (unpaired) electrons. The fraction of sp³-hybridized carbons (Fsp3) is 0.105. The number of nitrogens with zero attached hydrogens (tertiary/aromatic N) is 4. The van der Waals surface area contributed by atoms with Gasteiger partial charge in [0.2, 0.25) is 0 Å². The van der Waals surface area contributed by atoms with E-state index in [9.17, 15) is 9.59 Å². The summed E-state index contributed by atoms with van der Waals surface area (Å²) in [5.41, 5.74) is 6.28. The van der Waals surface area contributed by atoms with E-state index in [4.69, 9.17) is 15.2 Å².